The number of allylic oxidation sites excluding steroid dienone is 4. The zero-order valence-corrected chi connectivity index (χ0v) is 17.4. The Kier molecular flexibility index (Phi) is 5.25. The molecule has 0 N–H and O–H groups in total. The van der Waals surface area contributed by atoms with Gasteiger partial charge in [0.25, 0.3) is 0 Å². The molecule has 0 amide bonds. The summed E-state index contributed by atoms with van der Waals surface area (Å²) in [5, 5.41) is 2.72. The number of halogens is 3. The largest absolute Gasteiger partial charge is 0.416 e. The predicted molar refractivity (Wildman–Crippen MR) is 122 cm³/mol. The van der Waals surface area contributed by atoms with Gasteiger partial charge in [0.1, 0.15) is 0 Å². The van der Waals surface area contributed by atoms with Gasteiger partial charge >= 0.3 is 6.18 Å². The maximum absolute atomic E-state index is 12.9. The van der Waals surface area contributed by atoms with Gasteiger partial charge in [0.05, 0.1) is 11.1 Å². The maximum atomic E-state index is 12.9. The van der Waals surface area contributed by atoms with Gasteiger partial charge in [-0.05, 0) is 83.5 Å². The molecule has 2 aromatic heterocycles. The van der Waals surface area contributed by atoms with Crippen LogP contribution < -0.4 is 0 Å². The van der Waals surface area contributed by atoms with Crippen LogP contribution >= 0.6 is 0 Å². The summed E-state index contributed by atoms with van der Waals surface area (Å²) in [6.07, 6.45) is 9.55. The Bertz CT molecular complexity index is 1300. The van der Waals surface area contributed by atoms with Crippen molar-refractivity contribution in [2.75, 3.05) is 0 Å². The van der Waals surface area contributed by atoms with Crippen LogP contribution in [0.2, 0.25) is 0 Å². The highest BCUT2D eigenvalue weighted by Gasteiger charge is 2.31. The number of alkyl halides is 3. The molecule has 2 aromatic carbocycles. The van der Waals surface area contributed by atoms with Gasteiger partial charge in [-0.25, -0.2) is 0 Å². The van der Waals surface area contributed by atoms with Crippen molar-refractivity contribution in [2.45, 2.75) is 31.9 Å². The molecule has 0 spiro atoms. The van der Waals surface area contributed by atoms with Crippen LogP contribution in [0.1, 0.15) is 36.0 Å². The van der Waals surface area contributed by atoms with Crippen LogP contribution in [0.5, 0.6) is 0 Å². The molecule has 0 bridgehead atoms. The molecule has 32 heavy (non-hydrogen) atoms. The quantitative estimate of drug-likeness (QED) is 0.288. The van der Waals surface area contributed by atoms with E-state index in [1.165, 1.54) is 34.4 Å². The van der Waals surface area contributed by atoms with E-state index in [-0.39, 0.29) is 0 Å². The summed E-state index contributed by atoms with van der Waals surface area (Å²) >= 11 is 0. The van der Waals surface area contributed by atoms with E-state index in [4.69, 9.17) is 0 Å². The molecule has 0 unspecified atom stereocenters. The second-order valence-corrected chi connectivity index (χ2v) is 8.06. The van der Waals surface area contributed by atoms with Crippen molar-refractivity contribution in [1.29, 1.82) is 0 Å². The number of nitrogens with zero attached hydrogens (tertiary/aromatic N) is 2. The van der Waals surface area contributed by atoms with Crippen molar-refractivity contribution in [2.24, 2.45) is 0 Å². The van der Waals surface area contributed by atoms with Crippen molar-refractivity contribution in [3.63, 3.8) is 0 Å². The molecule has 160 valence electrons. The molecule has 0 radical (unpaired) electrons. The summed E-state index contributed by atoms with van der Waals surface area (Å²) < 4.78 is 38.6. The minimum Gasteiger partial charge on any atom is -0.264 e. The fraction of sp³-hybridized carbons (Fsp3) is 0.185. The standard InChI is InChI=1S/C19H15F3.C8H6N2/c20-19(21,22)14-7-10-16-13(11-14)6-9-17-15-4-2-1-3-12(15)5-8-18(16)17;1-2-7-6-9-5-3-8(7)10-4-1/h2,4,6-7,9-11H,1,3,5,8H2;1-6H. The minimum atomic E-state index is -4.29. The molecule has 5 heteroatoms. The number of aryl methyl sites for hydroxylation is 1. The third kappa shape index (κ3) is 3.91. The highest BCUT2D eigenvalue weighted by Crippen LogP contribution is 2.41. The third-order valence-electron chi connectivity index (χ3n) is 6.11. The van der Waals surface area contributed by atoms with Crippen LogP contribution in [0.25, 0.3) is 27.2 Å². The first-order chi connectivity index (χ1) is 15.5. The van der Waals surface area contributed by atoms with Crippen LogP contribution in [0.15, 0.2) is 84.8 Å². The van der Waals surface area contributed by atoms with E-state index in [0.717, 1.165) is 42.0 Å². The first-order valence-electron chi connectivity index (χ1n) is 10.7. The van der Waals surface area contributed by atoms with Crippen molar-refractivity contribution >= 4 is 27.2 Å². The molecular formula is C27H21F3N2. The molecule has 2 heterocycles. The molecule has 2 aliphatic carbocycles. The molecule has 0 saturated heterocycles. The molecule has 0 saturated carbocycles. The average Bonchev–Trinajstić information content (AvgIpc) is 2.83. The second kappa shape index (κ2) is 8.23. The highest BCUT2D eigenvalue weighted by molar-refractivity contribution is 5.94. The van der Waals surface area contributed by atoms with Gasteiger partial charge in [-0.2, -0.15) is 13.2 Å². The van der Waals surface area contributed by atoms with E-state index in [1.54, 1.807) is 18.5 Å². The summed E-state index contributed by atoms with van der Waals surface area (Å²) in [5.74, 6) is 0. The Morgan fingerprint density at radius 3 is 2.59 bits per heavy atom. The Morgan fingerprint density at radius 2 is 1.75 bits per heavy atom. The van der Waals surface area contributed by atoms with Crippen LogP contribution in [0.3, 0.4) is 0 Å². The van der Waals surface area contributed by atoms with Crippen LogP contribution in [-0.2, 0) is 12.6 Å². The molecule has 2 aliphatic rings. The van der Waals surface area contributed by atoms with Crippen LogP contribution in [-0.4, -0.2) is 9.97 Å². The second-order valence-electron chi connectivity index (χ2n) is 8.06. The smallest absolute Gasteiger partial charge is 0.264 e. The van der Waals surface area contributed by atoms with E-state index >= 15 is 0 Å². The third-order valence-corrected chi connectivity index (χ3v) is 6.11. The molecule has 4 aromatic rings. The monoisotopic (exact) mass is 430 g/mol. The summed E-state index contributed by atoms with van der Waals surface area (Å²) in [7, 11) is 0. The number of hydrogen-bond acceptors (Lipinski definition) is 2. The number of aromatic nitrogens is 2. The Labute approximate surface area is 184 Å². The lowest BCUT2D eigenvalue weighted by Crippen LogP contribution is -2.08. The van der Waals surface area contributed by atoms with Crippen molar-refractivity contribution in [3.05, 3.63) is 102 Å². The molecule has 6 rings (SSSR count). The number of pyridine rings is 2. The van der Waals surface area contributed by atoms with Crippen molar-refractivity contribution in [1.82, 2.24) is 9.97 Å². The molecule has 0 fully saturated rings. The average molecular weight is 430 g/mol. The number of fused-ring (bicyclic) bond motifs is 5. The lowest BCUT2D eigenvalue weighted by Gasteiger charge is -2.25. The molecule has 0 aliphatic heterocycles. The zero-order chi connectivity index (χ0) is 22.1. The summed E-state index contributed by atoms with van der Waals surface area (Å²) in [6, 6.07) is 13.7. The van der Waals surface area contributed by atoms with E-state index in [1.807, 2.05) is 36.5 Å². The first kappa shape index (κ1) is 20.4. The SMILES string of the molecule is FC(F)(F)c1ccc2c3c(ccc2c1)C1=C(CCC=C1)CC3.c1cnc2ccncc2c1. The lowest BCUT2D eigenvalue weighted by atomic mass is 9.79. The fourth-order valence-electron chi connectivity index (χ4n) is 4.53. The minimum absolute atomic E-state index is 0.576. The van der Waals surface area contributed by atoms with Crippen molar-refractivity contribution in [3.8, 4) is 0 Å². The molecule has 2 nitrogen and oxygen atoms in total. The Hall–Kier alpha value is -3.47. The Morgan fingerprint density at radius 1 is 0.844 bits per heavy atom. The van der Waals surface area contributed by atoms with Crippen LogP contribution in [0.4, 0.5) is 13.2 Å². The highest BCUT2D eigenvalue weighted by atomic mass is 19.4. The fourth-order valence-corrected chi connectivity index (χ4v) is 4.53. The number of rotatable bonds is 0. The lowest BCUT2D eigenvalue weighted by molar-refractivity contribution is -0.137. The Balaban J connectivity index is 0.000000180. The van der Waals surface area contributed by atoms with Gasteiger partial charge in [-0.15, -0.1) is 0 Å². The van der Waals surface area contributed by atoms with Gasteiger partial charge in [-0.1, -0.05) is 35.9 Å². The topological polar surface area (TPSA) is 25.8 Å². The maximum Gasteiger partial charge on any atom is 0.416 e. The number of hydrogen-bond donors (Lipinski definition) is 0. The predicted octanol–water partition coefficient (Wildman–Crippen LogP) is 7.54. The van der Waals surface area contributed by atoms with E-state index < -0.39 is 11.7 Å². The number of benzene rings is 2. The van der Waals surface area contributed by atoms with Crippen LogP contribution in [0, 0.1) is 0 Å². The van der Waals surface area contributed by atoms with E-state index in [2.05, 4.69) is 22.1 Å². The van der Waals surface area contributed by atoms with E-state index in [9.17, 15) is 13.2 Å². The van der Waals surface area contributed by atoms with Gasteiger partial charge < -0.3 is 0 Å². The van der Waals surface area contributed by atoms with Crippen molar-refractivity contribution < 1.29 is 13.2 Å². The zero-order valence-electron chi connectivity index (χ0n) is 17.4. The molecular weight excluding hydrogens is 409 g/mol. The van der Waals surface area contributed by atoms with Gasteiger partial charge in [0.15, 0.2) is 0 Å². The molecule has 0 atom stereocenters. The first-order valence-corrected chi connectivity index (χ1v) is 10.7. The normalized spacial score (nSPS) is 15.2. The van der Waals surface area contributed by atoms with E-state index in [0.29, 0.717) is 5.39 Å². The van der Waals surface area contributed by atoms with Gasteiger partial charge in [0.2, 0.25) is 0 Å². The van der Waals surface area contributed by atoms with Gasteiger partial charge in [0, 0.05) is 24.0 Å². The summed E-state index contributed by atoms with van der Waals surface area (Å²) in [4.78, 5) is 8.11. The summed E-state index contributed by atoms with van der Waals surface area (Å²) in [5.41, 5.74) is 5.59. The van der Waals surface area contributed by atoms with Gasteiger partial charge in [-0.3, -0.25) is 9.97 Å². The summed E-state index contributed by atoms with van der Waals surface area (Å²) in [6.45, 7) is 0.